The van der Waals surface area contributed by atoms with Gasteiger partial charge in [0.1, 0.15) is 0 Å². The van der Waals surface area contributed by atoms with E-state index in [2.05, 4.69) is 54.1 Å². The first-order chi connectivity index (χ1) is 8.35. The molecule has 0 fully saturated rings. The number of nitrogens with one attached hydrogen (secondary N) is 1. The molecule has 1 aromatic carbocycles. The van der Waals surface area contributed by atoms with Gasteiger partial charge in [-0.3, -0.25) is 11.3 Å². The molecule has 1 aromatic heterocycles. The molecule has 0 saturated heterocycles. The molecule has 0 aliphatic rings. The summed E-state index contributed by atoms with van der Waals surface area (Å²) in [6.07, 6.45) is 1.99. The van der Waals surface area contributed by atoms with E-state index in [9.17, 15) is 0 Å². The van der Waals surface area contributed by atoms with Crippen LogP contribution in [-0.2, 0) is 12.8 Å². The lowest BCUT2D eigenvalue weighted by Gasteiger charge is -2.18. The number of hydrogen-bond donors (Lipinski definition) is 2. The van der Waals surface area contributed by atoms with Crippen LogP contribution in [0.3, 0.4) is 0 Å². The summed E-state index contributed by atoms with van der Waals surface area (Å²) in [4.78, 5) is 1.36. The third-order valence-electron chi connectivity index (χ3n) is 3.00. The van der Waals surface area contributed by atoms with Gasteiger partial charge in [-0.05, 0) is 29.0 Å². The smallest absolute Gasteiger partial charge is 0.0510 e. The summed E-state index contributed by atoms with van der Waals surface area (Å²) in [5.41, 5.74) is 5.62. The van der Waals surface area contributed by atoms with Crippen LogP contribution in [0.4, 0.5) is 0 Å². The average Bonchev–Trinajstić information content (AvgIpc) is 2.89. The van der Waals surface area contributed by atoms with E-state index in [-0.39, 0.29) is 6.04 Å². The van der Waals surface area contributed by atoms with E-state index in [1.807, 2.05) is 0 Å². The van der Waals surface area contributed by atoms with Crippen LogP contribution in [0.5, 0.6) is 0 Å². The standard InChI is InChI=1S/C14H18N2S/c1-2-11-6-3-4-8-13(11)14(16-15)10-12-7-5-9-17-12/h3-9,14,16H,2,10,15H2,1H3. The van der Waals surface area contributed by atoms with Gasteiger partial charge >= 0.3 is 0 Å². The summed E-state index contributed by atoms with van der Waals surface area (Å²) in [6.45, 7) is 2.18. The molecule has 3 heteroatoms. The van der Waals surface area contributed by atoms with Crippen molar-refractivity contribution in [2.24, 2.45) is 5.84 Å². The summed E-state index contributed by atoms with van der Waals surface area (Å²) in [6, 6.07) is 12.9. The molecule has 3 N–H and O–H groups in total. The van der Waals surface area contributed by atoms with Crippen molar-refractivity contribution in [3.8, 4) is 0 Å². The summed E-state index contributed by atoms with van der Waals surface area (Å²) in [7, 11) is 0. The maximum atomic E-state index is 5.70. The number of rotatable bonds is 5. The minimum Gasteiger partial charge on any atom is -0.271 e. The van der Waals surface area contributed by atoms with Crippen molar-refractivity contribution in [3.05, 3.63) is 57.8 Å². The first-order valence-electron chi connectivity index (χ1n) is 5.91. The maximum Gasteiger partial charge on any atom is 0.0510 e. The largest absolute Gasteiger partial charge is 0.271 e. The van der Waals surface area contributed by atoms with Crippen LogP contribution < -0.4 is 11.3 Å². The third kappa shape index (κ3) is 2.94. The van der Waals surface area contributed by atoms with Crippen molar-refractivity contribution < 1.29 is 0 Å². The lowest BCUT2D eigenvalue weighted by atomic mass is 9.96. The average molecular weight is 246 g/mol. The van der Waals surface area contributed by atoms with E-state index >= 15 is 0 Å². The highest BCUT2D eigenvalue weighted by Crippen LogP contribution is 2.23. The predicted molar refractivity (Wildman–Crippen MR) is 73.9 cm³/mol. The first-order valence-corrected chi connectivity index (χ1v) is 6.79. The van der Waals surface area contributed by atoms with Crippen LogP contribution in [0.25, 0.3) is 0 Å². The Morgan fingerprint density at radius 1 is 1.24 bits per heavy atom. The van der Waals surface area contributed by atoms with Crippen molar-refractivity contribution in [1.82, 2.24) is 5.43 Å². The summed E-state index contributed by atoms with van der Waals surface area (Å²) < 4.78 is 0. The Morgan fingerprint density at radius 2 is 2.06 bits per heavy atom. The van der Waals surface area contributed by atoms with E-state index in [1.54, 1.807) is 11.3 Å². The summed E-state index contributed by atoms with van der Waals surface area (Å²) >= 11 is 1.78. The molecule has 2 nitrogen and oxygen atoms in total. The Balaban J connectivity index is 2.22. The van der Waals surface area contributed by atoms with Crippen molar-refractivity contribution in [2.45, 2.75) is 25.8 Å². The van der Waals surface area contributed by atoms with Gasteiger partial charge in [0.2, 0.25) is 0 Å². The van der Waals surface area contributed by atoms with E-state index in [4.69, 9.17) is 5.84 Å². The molecule has 1 heterocycles. The van der Waals surface area contributed by atoms with Gasteiger partial charge in [0.25, 0.3) is 0 Å². The molecule has 0 saturated carbocycles. The second kappa shape index (κ2) is 5.96. The topological polar surface area (TPSA) is 38.0 Å². The van der Waals surface area contributed by atoms with Gasteiger partial charge < -0.3 is 0 Å². The molecule has 90 valence electrons. The van der Waals surface area contributed by atoms with E-state index in [1.165, 1.54) is 16.0 Å². The fraction of sp³-hybridized carbons (Fsp3) is 0.286. The van der Waals surface area contributed by atoms with Crippen molar-refractivity contribution in [2.75, 3.05) is 0 Å². The van der Waals surface area contributed by atoms with E-state index in [0.717, 1.165) is 12.8 Å². The second-order valence-corrected chi connectivity index (χ2v) is 5.09. The highest BCUT2D eigenvalue weighted by molar-refractivity contribution is 7.09. The fourth-order valence-electron chi connectivity index (χ4n) is 2.08. The number of nitrogens with two attached hydrogens (primary N) is 1. The third-order valence-corrected chi connectivity index (χ3v) is 3.90. The molecule has 0 aliphatic carbocycles. The molecule has 0 bridgehead atoms. The highest BCUT2D eigenvalue weighted by atomic mass is 32.1. The van der Waals surface area contributed by atoms with Crippen LogP contribution in [0.2, 0.25) is 0 Å². The van der Waals surface area contributed by atoms with Crippen molar-refractivity contribution in [1.29, 1.82) is 0 Å². The molecule has 17 heavy (non-hydrogen) atoms. The molecule has 1 unspecified atom stereocenters. The van der Waals surface area contributed by atoms with E-state index < -0.39 is 0 Å². The van der Waals surface area contributed by atoms with E-state index in [0.29, 0.717) is 0 Å². The first kappa shape index (κ1) is 12.3. The summed E-state index contributed by atoms with van der Waals surface area (Å²) in [5.74, 6) is 5.70. The molecule has 2 rings (SSSR count). The maximum absolute atomic E-state index is 5.70. The minimum atomic E-state index is 0.199. The minimum absolute atomic E-state index is 0.199. The zero-order valence-corrected chi connectivity index (χ0v) is 10.8. The van der Waals surface area contributed by atoms with Gasteiger partial charge in [-0.15, -0.1) is 11.3 Å². The quantitative estimate of drug-likeness (QED) is 0.628. The molecule has 0 spiro atoms. The normalized spacial score (nSPS) is 12.6. The lowest BCUT2D eigenvalue weighted by Crippen LogP contribution is -2.30. The molecule has 0 aliphatic heterocycles. The molecule has 0 amide bonds. The second-order valence-electron chi connectivity index (χ2n) is 4.06. The van der Waals surface area contributed by atoms with Gasteiger partial charge in [-0.1, -0.05) is 37.3 Å². The highest BCUT2D eigenvalue weighted by Gasteiger charge is 2.13. The zero-order chi connectivity index (χ0) is 12.1. The zero-order valence-electron chi connectivity index (χ0n) is 10.0. The summed E-state index contributed by atoms with van der Waals surface area (Å²) in [5, 5.41) is 2.11. The molecule has 2 aromatic rings. The monoisotopic (exact) mass is 246 g/mol. The predicted octanol–water partition coefficient (Wildman–Crippen LogP) is 3.06. The Hall–Kier alpha value is -1.16. The van der Waals surface area contributed by atoms with Crippen LogP contribution in [0.1, 0.15) is 29.0 Å². The SMILES string of the molecule is CCc1ccccc1C(Cc1cccs1)NN. The van der Waals surface area contributed by atoms with Crippen molar-refractivity contribution >= 4 is 11.3 Å². The Kier molecular flexibility index (Phi) is 4.31. The molecule has 0 radical (unpaired) electrons. The molecular weight excluding hydrogens is 228 g/mol. The lowest BCUT2D eigenvalue weighted by molar-refractivity contribution is 0.551. The molecular formula is C14H18N2S. The molecule has 1 atom stereocenters. The fourth-order valence-corrected chi connectivity index (χ4v) is 2.84. The van der Waals surface area contributed by atoms with Crippen LogP contribution in [0, 0.1) is 0 Å². The van der Waals surface area contributed by atoms with Crippen LogP contribution in [-0.4, -0.2) is 0 Å². The van der Waals surface area contributed by atoms with Gasteiger partial charge in [0.15, 0.2) is 0 Å². The van der Waals surface area contributed by atoms with Crippen LogP contribution >= 0.6 is 11.3 Å². The van der Waals surface area contributed by atoms with Gasteiger partial charge in [-0.2, -0.15) is 0 Å². The van der Waals surface area contributed by atoms with Gasteiger partial charge in [0, 0.05) is 11.3 Å². The Morgan fingerprint density at radius 3 is 2.71 bits per heavy atom. The van der Waals surface area contributed by atoms with Crippen molar-refractivity contribution in [3.63, 3.8) is 0 Å². The Bertz CT molecular complexity index is 451. The van der Waals surface area contributed by atoms with Gasteiger partial charge in [-0.25, -0.2) is 0 Å². The van der Waals surface area contributed by atoms with Gasteiger partial charge in [0.05, 0.1) is 6.04 Å². The number of thiophene rings is 1. The number of benzene rings is 1. The number of hydrogen-bond acceptors (Lipinski definition) is 3. The Labute approximate surface area is 106 Å². The van der Waals surface area contributed by atoms with Crippen LogP contribution in [0.15, 0.2) is 41.8 Å². The number of aryl methyl sites for hydroxylation is 1. The number of hydrazine groups is 1.